The van der Waals surface area contributed by atoms with Gasteiger partial charge in [-0.2, -0.15) is 11.8 Å². The van der Waals surface area contributed by atoms with E-state index in [4.69, 9.17) is 0 Å². The Hall–Kier alpha value is 0.310. The maximum absolute atomic E-state index is 3.86. The highest BCUT2D eigenvalue weighted by Gasteiger charge is 2.38. The molecule has 0 aromatic carbocycles. The van der Waals surface area contributed by atoms with E-state index in [0.29, 0.717) is 5.41 Å². The fourth-order valence-corrected chi connectivity index (χ4v) is 5.98. The standard InChI is InChI=1S/C19H37NS/c1-5-13-20-17-12-11-15(19(3,4)6-2)14-18(17)21-16-9-7-8-10-16/h15-18,20H,5-14H2,1-4H3. The predicted octanol–water partition coefficient (Wildman–Crippen LogP) is 5.64. The molecule has 2 saturated carbocycles. The molecule has 21 heavy (non-hydrogen) atoms. The van der Waals surface area contributed by atoms with Crippen molar-refractivity contribution in [3.05, 3.63) is 0 Å². The second-order valence-electron chi connectivity index (χ2n) is 7.99. The zero-order valence-corrected chi connectivity index (χ0v) is 15.6. The van der Waals surface area contributed by atoms with Crippen LogP contribution in [-0.4, -0.2) is 23.1 Å². The first-order chi connectivity index (χ1) is 10.1. The van der Waals surface area contributed by atoms with Gasteiger partial charge in [-0.25, -0.2) is 0 Å². The van der Waals surface area contributed by atoms with Crippen molar-refractivity contribution in [1.29, 1.82) is 0 Å². The van der Waals surface area contributed by atoms with Crippen molar-refractivity contribution in [3.8, 4) is 0 Å². The van der Waals surface area contributed by atoms with E-state index >= 15 is 0 Å². The molecular formula is C19H37NS. The molecule has 0 aromatic heterocycles. The van der Waals surface area contributed by atoms with E-state index < -0.39 is 0 Å². The zero-order valence-electron chi connectivity index (χ0n) is 14.8. The molecule has 2 aliphatic rings. The molecule has 1 nitrogen and oxygen atoms in total. The molecule has 2 rings (SSSR count). The second kappa shape index (κ2) is 8.24. The minimum absolute atomic E-state index is 0.532. The molecule has 3 unspecified atom stereocenters. The molecule has 0 radical (unpaired) electrons. The van der Waals surface area contributed by atoms with Gasteiger partial charge in [0, 0.05) is 16.5 Å². The number of hydrogen-bond acceptors (Lipinski definition) is 2. The highest BCUT2D eigenvalue weighted by molar-refractivity contribution is 8.00. The third-order valence-corrected chi connectivity index (χ3v) is 7.86. The monoisotopic (exact) mass is 311 g/mol. The second-order valence-corrected chi connectivity index (χ2v) is 9.54. The Morgan fingerprint density at radius 1 is 1.05 bits per heavy atom. The fraction of sp³-hybridized carbons (Fsp3) is 1.00. The summed E-state index contributed by atoms with van der Waals surface area (Å²) in [7, 11) is 0. The van der Waals surface area contributed by atoms with Crippen molar-refractivity contribution in [2.75, 3.05) is 6.54 Å². The van der Waals surface area contributed by atoms with E-state index in [1.165, 1.54) is 64.3 Å². The Morgan fingerprint density at radius 3 is 2.38 bits per heavy atom. The molecule has 0 heterocycles. The lowest BCUT2D eigenvalue weighted by atomic mass is 9.68. The van der Waals surface area contributed by atoms with Gasteiger partial charge in [0.15, 0.2) is 0 Å². The van der Waals surface area contributed by atoms with Gasteiger partial charge in [-0.15, -0.1) is 0 Å². The molecule has 0 amide bonds. The van der Waals surface area contributed by atoms with Gasteiger partial charge in [0.25, 0.3) is 0 Å². The van der Waals surface area contributed by atoms with Gasteiger partial charge in [-0.3, -0.25) is 0 Å². The maximum atomic E-state index is 3.86. The van der Waals surface area contributed by atoms with E-state index in [9.17, 15) is 0 Å². The first kappa shape index (κ1) is 17.7. The Kier molecular flexibility index (Phi) is 6.93. The highest BCUT2D eigenvalue weighted by atomic mass is 32.2. The molecule has 3 atom stereocenters. The van der Waals surface area contributed by atoms with Crippen LogP contribution in [0.2, 0.25) is 0 Å². The predicted molar refractivity (Wildman–Crippen MR) is 97.1 cm³/mol. The van der Waals surface area contributed by atoms with Crippen LogP contribution in [0.1, 0.15) is 85.5 Å². The summed E-state index contributed by atoms with van der Waals surface area (Å²) in [6.45, 7) is 10.9. The smallest absolute Gasteiger partial charge is 0.0206 e. The summed E-state index contributed by atoms with van der Waals surface area (Å²) in [4.78, 5) is 0. The molecule has 2 aliphatic carbocycles. The Morgan fingerprint density at radius 2 is 1.76 bits per heavy atom. The molecule has 0 spiro atoms. The quantitative estimate of drug-likeness (QED) is 0.653. The van der Waals surface area contributed by atoms with E-state index in [0.717, 1.165) is 22.5 Å². The minimum Gasteiger partial charge on any atom is -0.313 e. The van der Waals surface area contributed by atoms with E-state index in [1.807, 2.05) is 0 Å². The number of hydrogen-bond donors (Lipinski definition) is 1. The molecule has 0 bridgehead atoms. The third-order valence-electron chi connectivity index (χ3n) is 6.13. The first-order valence-corrected chi connectivity index (χ1v) is 10.4. The Bertz CT molecular complexity index is 296. The van der Waals surface area contributed by atoms with Crippen LogP contribution in [0.25, 0.3) is 0 Å². The molecular weight excluding hydrogens is 274 g/mol. The summed E-state index contributed by atoms with van der Waals surface area (Å²) in [5.41, 5.74) is 0.532. The summed E-state index contributed by atoms with van der Waals surface area (Å²) in [5.74, 6) is 0.932. The normalized spacial score (nSPS) is 31.7. The van der Waals surface area contributed by atoms with Crippen molar-refractivity contribution >= 4 is 11.8 Å². The average molecular weight is 312 g/mol. The third kappa shape index (κ3) is 4.89. The van der Waals surface area contributed by atoms with Gasteiger partial charge in [-0.05, 0) is 56.4 Å². The SMILES string of the molecule is CCCNC1CCC(C(C)(C)CC)CC1SC1CCCC1. The number of nitrogens with one attached hydrogen (secondary N) is 1. The van der Waals surface area contributed by atoms with Gasteiger partial charge in [0.1, 0.15) is 0 Å². The largest absolute Gasteiger partial charge is 0.313 e. The van der Waals surface area contributed by atoms with Crippen molar-refractivity contribution in [2.45, 2.75) is 102 Å². The minimum atomic E-state index is 0.532. The van der Waals surface area contributed by atoms with Gasteiger partial charge < -0.3 is 5.32 Å². The molecule has 2 heteroatoms. The maximum Gasteiger partial charge on any atom is 0.0206 e. The number of rotatable bonds is 7. The summed E-state index contributed by atoms with van der Waals surface area (Å²) < 4.78 is 0. The van der Waals surface area contributed by atoms with E-state index in [2.05, 4.69) is 44.8 Å². The van der Waals surface area contributed by atoms with Crippen LogP contribution >= 0.6 is 11.8 Å². The summed E-state index contributed by atoms with van der Waals surface area (Å²) in [6, 6.07) is 0.777. The fourth-order valence-electron chi connectivity index (χ4n) is 4.11. The molecule has 124 valence electrons. The highest BCUT2D eigenvalue weighted by Crippen LogP contribution is 2.46. The van der Waals surface area contributed by atoms with Crippen molar-refractivity contribution in [2.24, 2.45) is 11.3 Å². The van der Waals surface area contributed by atoms with Crippen molar-refractivity contribution in [1.82, 2.24) is 5.32 Å². The lowest BCUT2D eigenvalue weighted by Crippen LogP contribution is -2.46. The molecule has 1 N–H and O–H groups in total. The first-order valence-electron chi connectivity index (χ1n) is 9.45. The van der Waals surface area contributed by atoms with Crippen LogP contribution in [-0.2, 0) is 0 Å². The average Bonchev–Trinajstić information content (AvgIpc) is 2.98. The van der Waals surface area contributed by atoms with Crippen molar-refractivity contribution in [3.63, 3.8) is 0 Å². The van der Waals surface area contributed by atoms with Crippen LogP contribution in [0.15, 0.2) is 0 Å². The molecule has 0 aromatic rings. The lowest BCUT2D eigenvalue weighted by molar-refractivity contribution is 0.141. The summed E-state index contributed by atoms with van der Waals surface area (Å²) >= 11 is 2.35. The van der Waals surface area contributed by atoms with Crippen LogP contribution in [0.4, 0.5) is 0 Å². The van der Waals surface area contributed by atoms with Crippen LogP contribution in [0.3, 0.4) is 0 Å². The van der Waals surface area contributed by atoms with Gasteiger partial charge in [0.2, 0.25) is 0 Å². The van der Waals surface area contributed by atoms with Gasteiger partial charge in [-0.1, -0.05) is 47.0 Å². The molecule has 0 aliphatic heterocycles. The zero-order chi connectivity index (χ0) is 15.3. The van der Waals surface area contributed by atoms with E-state index in [-0.39, 0.29) is 0 Å². The van der Waals surface area contributed by atoms with E-state index in [1.54, 1.807) is 0 Å². The van der Waals surface area contributed by atoms with Crippen LogP contribution in [0, 0.1) is 11.3 Å². The lowest BCUT2D eigenvalue weighted by Gasteiger charge is -2.44. The van der Waals surface area contributed by atoms with Crippen molar-refractivity contribution < 1.29 is 0 Å². The Labute approximate surface area is 137 Å². The van der Waals surface area contributed by atoms with Crippen LogP contribution < -0.4 is 5.32 Å². The Balaban J connectivity index is 1.96. The molecule has 2 fully saturated rings. The molecule has 0 saturated heterocycles. The number of thioether (sulfide) groups is 1. The summed E-state index contributed by atoms with van der Waals surface area (Å²) in [6.07, 6.45) is 12.8. The van der Waals surface area contributed by atoms with Gasteiger partial charge in [0.05, 0.1) is 0 Å². The van der Waals surface area contributed by atoms with Crippen LogP contribution in [0.5, 0.6) is 0 Å². The van der Waals surface area contributed by atoms with Gasteiger partial charge >= 0.3 is 0 Å². The topological polar surface area (TPSA) is 12.0 Å². The summed E-state index contributed by atoms with van der Waals surface area (Å²) in [5, 5.41) is 5.69.